The molecule has 0 saturated heterocycles. The first-order chi connectivity index (χ1) is 2.27. The fourth-order valence-corrected chi connectivity index (χ4v) is 0. The standard InChI is InChI=1S/BH2NO3/c3-1(4)2-5/h3-4H. The Morgan fingerprint density at radius 1 is 1.60 bits per heavy atom. The maximum absolute atomic E-state index is 8.75. The van der Waals surface area contributed by atoms with Crippen molar-refractivity contribution >= 4 is 7.25 Å². The lowest BCUT2D eigenvalue weighted by molar-refractivity contribution is 0.409. The third kappa shape index (κ3) is 3.58. The second-order valence-electron chi connectivity index (χ2n) is 0.452. The van der Waals surface area contributed by atoms with E-state index < -0.39 is 7.25 Å². The van der Waals surface area contributed by atoms with Gasteiger partial charge in [-0.15, -0.1) is 0 Å². The van der Waals surface area contributed by atoms with Gasteiger partial charge in [0.1, 0.15) is 0 Å². The molecule has 0 fully saturated rings. The van der Waals surface area contributed by atoms with Crippen molar-refractivity contribution in [2.45, 2.75) is 0 Å². The van der Waals surface area contributed by atoms with Crippen LogP contribution < -0.4 is 0 Å². The van der Waals surface area contributed by atoms with Gasteiger partial charge in [0.25, 0.3) is 0 Å². The van der Waals surface area contributed by atoms with Crippen LogP contribution in [-0.4, -0.2) is 17.3 Å². The van der Waals surface area contributed by atoms with E-state index in [2.05, 4.69) is 0 Å². The molecule has 0 aromatic rings. The van der Waals surface area contributed by atoms with E-state index >= 15 is 0 Å². The molecule has 0 saturated carbocycles. The zero-order valence-electron chi connectivity index (χ0n) is 2.33. The minimum atomic E-state index is -2.05. The number of nitrogens with zero attached hydrogens (tertiary/aromatic N) is 1. The van der Waals surface area contributed by atoms with Crippen LogP contribution in [0.4, 0.5) is 0 Å². The maximum Gasteiger partial charge on any atom is 0.648 e. The van der Waals surface area contributed by atoms with Gasteiger partial charge in [-0.05, 0) is 0 Å². The maximum atomic E-state index is 8.75. The number of rotatable bonds is 1. The van der Waals surface area contributed by atoms with Crippen LogP contribution in [0.2, 0.25) is 0 Å². The van der Waals surface area contributed by atoms with Gasteiger partial charge in [0.2, 0.25) is 0 Å². The number of hydrogen-bond acceptors (Lipinski definition) is 4. The molecule has 0 radical (unpaired) electrons. The molecule has 2 N–H and O–H groups in total. The highest BCUT2D eigenvalue weighted by molar-refractivity contribution is 6.38. The molecule has 0 unspecified atom stereocenters. The third-order valence-electron chi connectivity index (χ3n) is 0.0943. The van der Waals surface area contributed by atoms with E-state index in [4.69, 9.17) is 15.0 Å². The average molecular weight is 74.8 g/mol. The summed E-state index contributed by atoms with van der Waals surface area (Å²) >= 11 is 0. The first-order valence-electron chi connectivity index (χ1n) is 0.957. The van der Waals surface area contributed by atoms with Gasteiger partial charge in [-0.3, -0.25) is 0 Å². The van der Waals surface area contributed by atoms with Crippen molar-refractivity contribution in [3.63, 3.8) is 0 Å². The van der Waals surface area contributed by atoms with Crippen molar-refractivity contribution in [2.24, 2.45) is 5.09 Å². The zero-order chi connectivity index (χ0) is 4.28. The molecule has 0 aliphatic rings. The SMILES string of the molecule is O=NB(O)O. The van der Waals surface area contributed by atoms with E-state index in [-0.39, 0.29) is 0 Å². The molecule has 0 spiro atoms. The van der Waals surface area contributed by atoms with E-state index in [0.29, 0.717) is 0 Å². The molecule has 0 heterocycles. The predicted molar refractivity (Wildman–Crippen MR) is 16.0 cm³/mol. The topological polar surface area (TPSA) is 69.9 Å². The van der Waals surface area contributed by atoms with Gasteiger partial charge in [-0.25, -0.2) is 0 Å². The Kier molecular flexibility index (Phi) is 1.71. The van der Waals surface area contributed by atoms with Crippen LogP contribution in [-0.2, 0) is 0 Å². The lowest BCUT2D eigenvalue weighted by atomic mass is 10.2. The summed E-state index contributed by atoms with van der Waals surface area (Å²) in [5.41, 5.74) is 0. The monoisotopic (exact) mass is 75.0 g/mol. The summed E-state index contributed by atoms with van der Waals surface area (Å²) in [5.74, 6) is 0. The zero-order valence-corrected chi connectivity index (χ0v) is 2.33. The largest absolute Gasteiger partial charge is 0.648 e. The predicted octanol–water partition coefficient (Wildman–Crippen LogP) is -1.28. The molecule has 0 amide bonds. The van der Waals surface area contributed by atoms with Gasteiger partial charge in [-0.1, -0.05) is 5.09 Å². The van der Waals surface area contributed by atoms with E-state index in [1.807, 2.05) is 0 Å². The smallest absolute Gasteiger partial charge is 0.405 e. The second-order valence-corrected chi connectivity index (χ2v) is 0.452. The van der Waals surface area contributed by atoms with Crippen molar-refractivity contribution < 1.29 is 10.0 Å². The summed E-state index contributed by atoms with van der Waals surface area (Å²) in [6.07, 6.45) is 0. The van der Waals surface area contributed by atoms with Crippen molar-refractivity contribution in [3.05, 3.63) is 4.91 Å². The minimum Gasteiger partial charge on any atom is -0.405 e. The Hall–Kier alpha value is -0.415. The molecule has 5 heavy (non-hydrogen) atoms. The molecule has 4 nitrogen and oxygen atoms in total. The van der Waals surface area contributed by atoms with Crippen molar-refractivity contribution in [1.29, 1.82) is 0 Å². The number of hydrogen-bond donors (Lipinski definition) is 2. The first kappa shape index (κ1) is 4.58. The fourth-order valence-electron chi connectivity index (χ4n) is 0. The lowest BCUT2D eigenvalue weighted by Gasteiger charge is -1.68. The quantitative estimate of drug-likeness (QED) is 0.301. The summed E-state index contributed by atoms with van der Waals surface area (Å²) in [6.45, 7) is 0. The average Bonchev–Trinajstić information content (AvgIpc) is 1.38. The Labute approximate surface area is 28.6 Å². The van der Waals surface area contributed by atoms with Gasteiger partial charge >= 0.3 is 7.25 Å². The van der Waals surface area contributed by atoms with E-state index in [1.165, 1.54) is 0 Å². The van der Waals surface area contributed by atoms with E-state index in [0.717, 1.165) is 0 Å². The molecule has 0 bridgehead atoms. The molecular weight excluding hydrogens is 72.8 g/mol. The highest BCUT2D eigenvalue weighted by Crippen LogP contribution is 1.60. The molecule has 0 aliphatic heterocycles. The van der Waals surface area contributed by atoms with Crippen molar-refractivity contribution in [3.8, 4) is 0 Å². The molecule has 5 heteroatoms. The first-order valence-corrected chi connectivity index (χ1v) is 0.957. The van der Waals surface area contributed by atoms with Crippen LogP contribution in [0.1, 0.15) is 0 Å². The van der Waals surface area contributed by atoms with Crippen molar-refractivity contribution in [2.75, 3.05) is 0 Å². The third-order valence-corrected chi connectivity index (χ3v) is 0.0943. The van der Waals surface area contributed by atoms with Crippen LogP contribution in [0.25, 0.3) is 0 Å². The van der Waals surface area contributed by atoms with Crippen LogP contribution in [0.15, 0.2) is 5.09 Å². The van der Waals surface area contributed by atoms with Crippen molar-refractivity contribution in [1.82, 2.24) is 0 Å². The molecule has 0 atom stereocenters. The molecule has 0 aromatic carbocycles. The molecule has 28 valence electrons. The normalized spacial score (nSPS) is 6.80. The number of nitroso groups, excluding NO2 is 1. The Morgan fingerprint density at radius 2 is 1.80 bits per heavy atom. The summed E-state index contributed by atoms with van der Waals surface area (Å²) in [5, 5.41) is 16.6. The molecular formula is H2BNO3. The molecule has 0 rings (SSSR count). The lowest BCUT2D eigenvalue weighted by Crippen LogP contribution is -2.03. The Balaban J connectivity index is 2.83. The van der Waals surface area contributed by atoms with Gasteiger partial charge < -0.3 is 10.0 Å². The van der Waals surface area contributed by atoms with Crippen LogP contribution in [0.5, 0.6) is 0 Å². The fraction of sp³-hybridized carbons (Fsp3) is 0. The summed E-state index contributed by atoms with van der Waals surface area (Å²) in [4.78, 5) is 8.75. The summed E-state index contributed by atoms with van der Waals surface area (Å²) in [6, 6.07) is 0. The van der Waals surface area contributed by atoms with Gasteiger partial charge in [-0.2, -0.15) is 4.91 Å². The van der Waals surface area contributed by atoms with E-state index in [1.54, 1.807) is 5.09 Å². The van der Waals surface area contributed by atoms with Gasteiger partial charge in [0, 0.05) is 0 Å². The summed E-state index contributed by atoms with van der Waals surface area (Å²) < 4.78 is 0. The van der Waals surface area contributed by atoms with E-state index in [9.17, 15) is 0 Å². The Bertz CT molecular complexity index is 33.9. The van der Waals surface area contributed by atoms with Gasteiger partial charge in [0.05, 0.1) is 0 Å². The van der Waals surface area contributed by atoms with Crippen LogP contribution in [0.3, 0.4) is 0 Å². The second kappa shape index (κ2) is 1.86. The minimum absolute atomic E-state index is 1.75. The van der Waals surface area contributed by atoms with Crippen LogP contribution >= 0.6 is 0 Å². The summed E-state index contributed by atoms with van der Waals surface area (Å²) in [7, 11) is -2.05. The molecule has 0 aromatic heterocycles. The highest BCUT2D eigenvalue weighted by atomic mass is 16.4. The molecule has 0 aliphatic carbocycles. The van der Waals surface area contributed by atoms with Gasteiger partial charge in [0.15, 0.2) is 0 Å². The Morgan fingerprint density at radius 3 is 1.80 bits per heavy atom. The highest BCUT2D eigenvalue weighted by Gasteiger charge is 2.02. The van der Waals surface area contributed by atoms with Crippen LogP contribution in [0, 0.1) is 4.91 Å².